The minimum absolute atomic E-state index is 0.109. The highest BCUT2D eigenvalue weighted by Crippen LogP contribution is 2.08. The van der Waals surface area contributed by atoms with Gasteiger partial charge in [0.15, 0.2) is 5.69 Å². The van der Waals surface area contributed by atoms with Crippen molar-refractivity contribution in [2.24, 2.45) is 0 Å². The maximum absolute atomic E-state index is 10.9. The van der Waals surface area contributed by atoms with Gasteiger partial charge in [0.05, 0.1) is 0 Å². The van der Waals surface area contributed by atoms with Gasteiger partial charge in [-0.05, 0) is 30.5 Å². The van der Waals surface area contributed by atoms with Crippen LogP contribution in [0.2, 0.25) is 0 Å². The Morgan fingerprint density at radius 1 is 1.50 bits per heavy atom. The summed E-state index contributed by atoms with van der Waals surface area (Å²) in [7, 11) is 0. The molecule has 0 aromatic carbocycles. The summed E-state index contributed by atoms with van der Waals surface area (Å²) >= 11 is 0. The Morgan fingerprint density at radius 3 is 2.94 bits per heavy atom. The first-order chi connectivity index (χ1) is 8.70. The third kappa shape index (κ3) is 2.74. The van der Waals surface area contributed by atoms with Crippen molar-refractivity contribution in [2.45, 2.75) is 26.3 Å². The second-order valence-corrected chi connectivity index (χ2v) is 4.01. The molecule has 0 radical (unpaired) electrons. The molecule has 2 aromatic rings. The number of rotatable bonds is 5. The van der Waals surface area contributed by atoms with Crippen LogP contribution in [0.5, 0.6) is 0 Å². The van der Waals surface area contributed by atoms with E-state index in [4.69, 9.17) is 5.11 Å². The number of hydrogen-bond donors (Lipinski definition) is 1. The molecule has 94 valence electrons. The van der Waals surface area contributed by atoms with Crippen molar-refractivity contribution in [3.05, 3.63) is 47.5 Å². The molecule has 0 unspecified atom stereocenters. The summed E-state index contributed by atoms with van der Waals surface area (Å²) in [5.74, 6) is -0.982. The van der Waals surface area contributed by atoms with Crippen LogP contribution in [-0.2, 0) is 19.4 Å². The largest absolute Gasteiger partial charge is 0.476 e. The molecular formula is C13H15N3O2. The van der Waals surface area contributed by atoms with Crippen LogP contribution in [0.3, 0.4) is 0 Å². The lowest BCUT2D eigenvalue weighted by molar-refractivity contribution is 0.0689. The highest BCUT2D eigenvalue weighted by atomic mass is 16.4. The van der Waals surface area contributed by atoms with Gasteiger partial charge in [-0.3, -0.25) is 9.67 Å². The van der Waals surface area contributed by atoms with Gasteiger partial charge in [-0.25, -0.2) is 4.79 Å². The third-order valence-electron chi connectivity index (χ3n) is 2.78. The van der Waals surface area contributed by atoms with Crippen LogP contribution in [0.4, 0.5) is 0 Å². The van der Waals surface area contributed by atoms with Crippen LogP contribution >= 0.6 is 0 Å². The van der Waals surface area contributed by atoms with E-state index in [-0.39, 0.29) is 5.69 Å². The summed E-state index contributed by atoms with van der Waals surface area (Å²) in [6.07, 6.45) is 5.11. The second kappa shape index (κ2) is 5.44. The number of hydrogen-bond acceptors (Lipinski definition) is 3. The van der Waals surface area contributed by atoms with Crippen molar-refractivity contribution in [3.8, 4) is 0 Å². The number of aromatic nitrogens is 3. The third-order valence-corrected chi connectivity index (χ3v) is 2.78. The molecule has 0 spiro atoms. The first kappa shape index (κ1) is 12.3. The van der Waals surface area contributed by atoms with E-state index in [0.29, 0.717) is 6.54 Å². The number of carboxylic acid groups (broad SMARTS) is 1. The van der Waals surface area contributed by atoms with Crippen molar-refractivity contribution < 1.29 is 9.90 Å². The van der Waals surface area contributed by atoms with Gasteiger partial charge in [0.2, 0.25) is 0 Å². The van der Waals surface area contributed by atoms with Gasteiger partial charge in [-0.2, -0.15) is 5.10 Å². The molecular weight excluding hydrogens is 230 g/mol. The summed E-state index contributed by atoms with van der Waals surface area (Å²) in [4.78, 5) is 14.9. The van der Waals surface area contributed by atoms with Crippen LogP contribution < -0.4 is 0 Å². The fourth-order valence-electron chi connectivity index (χ4n) is 1.82. The van der Waals surface area contributed by atoms with Crippen molar-refractivity contribution in [1.82, 2.24) is 14.8 Å². The van der Waals surface area contributed by atoms with Crippen molar-refractivity contribution in [1.29, 1.82) is 0 Å². The summed E-state index contributed by atoms with van der Waals surface area (Å²) < 4.78 is 1.76. The van der Waals surface area contributed by atoms with Gasteiger partial charge in [0, 0.05) is 24.6 Å². The number of carboxylic acids is 1. The number of nitrogens with zero attached hydrogens (tertiary/aromatic N) is 3. The first-order valence-corrected chi connectivity index (χ1v) is 5.89. The Hall–Kier alpha value is -2.17. The Balaban J connectivity index is 2.11. The standard InChI is InChI=1S/C13H15N3O2/c1-2-11-8-12(13(17)18)15-16(11)7-5-10-4-3-6-14-9-10/h3-4,6,8-9H,2,5,7H2,1H3,(H,17,18). The second-order valence-electron chi connectivity index (χ2n) is 4.01. The van der Waals surface area contributed by atoms with Crippen LogP contribution in [0.25, 0.3) is 0 Å². The lowest BCUT2D eigenvalue weighted by Gasteiger charge is -2.05. The maximum Gasteiger partial charge on any atom is 0.356 e. The lowest BCUT2D eigenvalue weighted by Crippen LogP contribution is -2.08. The molecule has 5 nitrogen and oxygen atoms in total. The average molecular weight is 245 g/mol. The Kier molecular flexibility index (Phi) is 3.72. The van der Waals surface area contributed by atoms with E-state index in [1.54, 1.807) is 16.9 Å². The number of carbonyl (C=O) groups is 1. The molecule has 5 heteroatoms. The van der Waals surface area contributed by atoms with E-state index < -0.39 is 5.97 Å². The predicted octanol–water partition coefficient (Wildman–Crippen LogP) is 1.78. The zero-order chi connectivity index (χ0) is 13.0. The highest BCUT2D eigenvalue weighted by Gasteiger charge is 2.11. The summed E-state index contributed by atoms with van der Waals surface area (Å²) in [5.41, 5.74) is 2.17. The zero-order valence-electron chi connectivity index (χ0n) is 10.2. The van der Waals surface area contributed by atoms with Gasteiger partial charge in [-0.1, -0.05) is 13.0 Å². The number of aryl methyl sites for hydroxylation is 3. The zero-order valence-corrected chi connectivity index (χ0v) is 10.2. The Morgan fingerprint density at radius 2 is 2.33 bits per heavy atom. The van der Waals surface area contributed by atoms with Gasteiger partial charge in [0.25, 0.3) is 0 Å². The molecule has 0 aliphatic carbocycles. The van der Waals surface area contributed by atoms with E-state index in [2.05, 4.69) is 10.1 Å². The summed E-state index contributed by atoms with van der Waals surface area (Å²) in [5, 5.41) is 13.0. The van der Waals surface area contributed by atoms with E-state index in [1.807, 2.05) is 25.3 Å². The molecule has 0 fully saturated rings. The Labute approximate surface area is 105 Å². The van der Waals surface area contributed by atoms with Gasteiger partial charge >= 0.3 is 5.97 Å². The molecule has 1 N–H and O–H groups in total. The van der Waals surface area contributed by atoms with Gasteiger partial charge in [0.1, 0.15) is 0 Å². The van der Waals surface area contributed by atoms with E-state index in [9.17, 15) is 4.79 Å². The van der Waals surface area contributed by atoms with Gasteiger partial charge in [-0.15, -0.1) is 0 Å². The first-order valence-electron chi connectivity index (χ1n) is 5.89. The molecule has 0 amide bonds. The highest BCUT2D eigenvalue weighted by molar-refractivity contribution is 5.85. The molecule has 0 bridgehead atoms. The SMILES string of the molecule is CCc1cc(C(=O)O)nn1CCc1cccnc1. The molecule has 2 heterocycles. The van der Waals surface area contributed by atoms with E-state index in [0.717, 1.165) is 24.1 Å². The van der Waals surface area contributed by atoms with Crippen LogP contribution in [0.15, 0.2) is 30.6 Å². The quantitative estimate of drug-likeness (QED) is 0.871. The fraction of sp³-hybridized carbons (Fsp3) is 0.308. The van der Waals surface area contributed by atoms with E-state index in [1.165, 1.54) is 0 Å². The normalized spacial score (nSPS) is 10.5. The molecule has 0 aliphatic rings. The molecule has 0 saturated carbocycles. The molecule has 2 rings (SSSR count). The smallest absolute Gasteiger partial charge is 0.356 e. The predicted molar refractivity (Wildman–Crippen MR) is 66.5 cm³/mol. The molecule has 0 saturated heterocycles. The average Bonchev–Trinajstić information content (AvgIpc) is 2.81. The van der Waals surface area contributed by atoms with Crippen LogP contribution in [0, 0.1) is 0 Å². The molecule has 18 heavy (non-hydrogen) atoms. The minimum Gasteiger partial charge on any atom is -0.476 e. The Bertz CT molecular complexity index is 534. The molecule has 0 aliphatic heterocycles. The molecule has 0 atom stereocenters. The lowest BCUT2D eigenvalue weighted by atomic mass is 10.2. The van der Waals surface area contributed by atoms with Crippen molar-refractivity contribution in [3.63, 3.8) is 0 Å². The molecule has 2 aromatic heterocycles. The van der Waals surface area contributed by atoms with E-state index >= 15 is 0 Å². The van der Waals surface area contributed by atoms with Gasteiger partial charge < -0.3 is 5.11 Å². The van der Waals surface area contributed by atoms with Crippen LogP contribution in [0.1, 0.15) is 28.7 Å². The monoisotopic (exact) mass is 245 g/mol. The topological polar surface area (TPSA) is 68.0 Å². The number of aromatic carboxylic acids is 1. The van der Waals surface area contributed by atoms with Crippen molar-refractivity contribution in [2.75, 3.05) is 0 Å². The minimum atomic E-state index is -0.982. The fourth-order valence-corrected chi connectivity index (χ4v) is 1.82. The summed E-state index contributed by atoms with van der Waals surface area (Å²) in [6.45, 7) is 2.66. The maximum atomic E-state index is 10.9. The number of pyridine rings is 1. The summed E-state index contributed by atoms with van der Waals surface area (Å²) in [6, 6.07) is 5.52. The van der Waals surface area contributed by atoms with Crippen LogP contribution in [-0.4, -0.2) is 25.8 Å². The van der Waals surface area contributed by atoms with Crippen molar-refractivity contribution >= 4 is 5.97 Å².